The summed E-state index contributed by atoms with van der Waals surface area (Å²) in [6.07, 6.45) is -4.54. The highest BCUT2D eigenvalue weighted by atomic mass is 32.2. The van der Waals surface area contributed by atoms with Crippen LogP contribution in [0.4, 0.5) is 18.9 Å². The van der Waals surface area contributed by atoms with E-state index in [0.717, 1.165) is 39.9 Å². The number of halogens is 3. The van der Waals surface area contributed by atoms with Gasteiger partial charge in [0, 0.05) is 0 Å². The lowest BCUT2D eigenvalue weighted by Gasteiger charge is -2.23. The predicted octanol–water partition coefficient (Wildman–Crippen LogP) is 3.53. The molecule has 0 bridgehead atoms. The van der Waals surface area contributed by atoms with E-state index < -0.39 is 34.3 Å². The number of nitrogens with zero attached hydrogens (tertiary/aromatic N) is 1. The molecular weight excluding hydrogens is 379 g/mol. The maximum atomic E-state index is 12.7. The highest BCUT2D eigenvalue weighted by molar-refractivity contribution is 7.94. The van der Waals surface area contributed by atoms with Crippen molar-refractivity contribution in [3.8, 4) is 0 Å². The van der Waals surface area contributed by atoms with Crippen LogP contribution in [-0.2, 0) is 25.7 Å². The third-order valence-corrected chi connectivity index (χ3v) is 6.25. The number of carbonyl (C=O) groups is 1. The fourth-order valence-electron chi connectivity index (χ4n) is 1.97. The molecule has 0 aliphatic rings. The number of hydrogen-bond acceptors (Lipinski definition) is 5. The zero-order chi connectivity index (χ0) is 18.7. The number of carbonyl (C=O) groups excluding carboxylic acids is 1. The summed E-state index contributed by atoms with van der Waals surface area (Å²) in [5.41, 5.74) is -0.977. The Hall–Kier alpha value is -2.07. The Morgan fingerprint density at radius 1 is 1.20 bits per heavy atom. The fraction of sp³-hybridized carbons (Fsp3) is 0.267. The Morgan fingerprint density at radius 3 is 2.32 bits per heavy atom. The van der Waals surface area contributed by atoms with Crippen molar-refractivity contribution in [1.29, 1.82) is 0 Å². The molecule has 0 saturated heterocycles. The first kappa shape index (κ1) is 19.3. The molecule has 10 heteroatoms. The minimum atomic E-state index is -4.54. The van der Waals surface area contributed by atoms with Gasteiger partial charge in [-0.2, -0.15) is 13.2 Å². The van der Waals surface area contributed by atoms with Crippen molar-refractivity contribution >= 4 is 33.0 Å². The van der Waals surface area contributed by atoms with Crippen LogP contribution in [0.15, 0.2) is 46.0 Å². The van der Waals surface area contributed by atoms with Gasteiger partial charge in [0.25, 0.3) is 10.0 Å². The van der Waals surface area contributed by atoms with Crippen LogP contribution in [0.3, 0.4) is 0 Å². The van der Waals surface area contributed by atoms with E-state index in [1.165, 1.54) is 12.1 Å². The van der Waals surface area contributed by atoms with Crippen molar-refractivity contribution in [3.63, 3.8) is 0 Å². The molecule has 0 radical (unpaired) electrons. The number of alkyl halides is 3. The van der Waals surface area contributed by atoms with E-state index in [1.807, 2.05) is 0 Å². The molecule has 0 N–H and O–H groups in total. The average Bonchev–Trinajstić information content (AvgIpc) is 3.07. The van der Waals surface area contributed by atoms with Crippen molar-refractivity contribution in [2.24, 2.45) is 0 Å². The fourth-order valence-corrected chi connectivity index (χ4v) is 4.49. The summed E-state index contributed by atoms with van der Waals surface area (Å²) in [6.45, 7) is 0.978. The second kappa shape index (κ2) is 7.44. The van der Waals surface area contributed by atoms with Crippen molar-refractivity contribution in [2.45, 2.75) is 17.3 Å². The van der Waals surface area contributed by atoms with Gasteiger partial charge in [-0.3, -0.25) is 9.10 Å². The van der Waals surface area contributed by atoms with E-state index in [0.29, 0.717) is 0 Å². The predicted molar refractivity (Wildman–Crippen MR) is 86.9 cm³/mol. The van der Waals surface area contributed by atoms with Crippen LogP contribution in [0.5, 0.6) is 0 Å². The van der Waals surface area contributed by atoms with Gasteiger partial charge in [-0.05, 0) is 42.6 Å². The maximum Gasteiger partial charge on any atom is 0.416 e. The molecule has 0 saturated carbocycles. The summed E-state index contributed by atoms with van der Waals surface area (Å²) in [5, 5.41) is 1.54. The first-order chi connectivity index (χ1) is 11.7. The Labute approximate surface area is 146 Å². The first-order valence-corrected chi connectivity index (χ1v) is 9.37. The Balaban J connectivity index is 2.43. The summed E-state index contributed by atoms with van der Waals surface area (Å²) in [5.74, 6) is -0.803. The van der Waals surface area contributed by atoms with Crippen molar-refractivity contribution < 1.29 is 31.1 Å². The van der Waals surface area contributed by atoms with Gasteiger partial charge in [-0.25, -0.2) is 8.42 Å². The third-order valence-electron chi connectivity index (χ3n) is 3.10. The van der Waals surface area contributed by atoms with Crippen LogP contribution in [0.2, 0.25) is 0 Å². The molecule has 1 aromatic carbocycles. The van der Waals surface area contributed by atoms with Gasteiger partial charge < -0.3 is 4.74 Å². The van der Waals surface area contributed by atoms with Crippen molar-refractivity contribution in [2.75, 3.05) is 17.5 Å². The molecule has 0 amide bonds. The molecule has 0 unspecified atom stereocenters. The summed E-state index contributed by atoms with van der Waals surface area (Å²) >= 11 is 0.939. The smallest absolute Gasteiger partial charge is 0.416 e. The molecule has 0 aliphatic heterocycles. The molecular formula is C15H14F3NO4S2. The minimum absolute atomic E-state index is 0.0308. The highest BCUT2D eigenvalue weighted by Crippen LogP contribution is 2.32. The molecule has 1 heterocycles. The van der Waals surface area contributed by atoms with E-state index in [9.17, 15) is 26.4 Å². The third kappa shape index (κ3) is 4.51. The number of ether oxygens (including phenoxy) is 1. The molecule has 5 nitrogen and oxygen atoms in total. The van der Waals surface area contributed by atoms with Crippen LogP contribution in [0.25, 0.3) is 0 Å². The molecule has 2 aromatic rings. The Bertz CT molecular complexity index is 815. The van der Waals surface area contributed by atoms with Crippen LogP contribution in [0.1, 0.15) is 12.5 Å². The van der Waals surface area contributed by atoms with E-state index in [1.54, 1.807) is 12.3 Å². The van der Waals surface area contributed by atoms with Gasteiger partial charge >= 0.3 is 12.1 Å². The van der Waals surface area contributed by atoms with E-state index in [4.69, 9.17) is 4.74 Å². The van der Waals surface area contributed by atoms with Gasteiger partial charge in [0.05, 0.1) is 17.9 Å². The normalized spacial score (nSPS) is 12.0. The number of rotatable bonds is 6. The molecule has 1 aromatic heterocycles. The molecule has 136 valence electrons. The summed E-state index contributed by atoms with van der Waals surface area (Å²) < 4.78 is 69.0. The van der Waals surface area contributed by atoms with Gasteiger partial charge in [0.15, 0.2) is 0 Å². The van der Waals surface area contributed by atoms with E-state index >= 15 is 0 Å². The SMILES string of the molecule is CCOC(=O)CN(c1ccc(C(F)(F)F)cc1)S(=O)(=O)c1cccs1. The molecule has 0 spiro atoms. The molecule has 25 heavy (non-hydrogen) atoms. The number of anilines is 1. The molecule has 0 aliphatic carbocycles. The number of thiophene rings is 1. The Morgan fingerprint density at radius 2 is 1.84 bits per heavy atom. The van der Waals surface area contributed by atoms with Crippen LogP contribution < -0.4 is 4.31 Å². The zero-order valence-corrected chi connectivity index (χ0v) is 14.6. The van der Waals surface area contributed by atoms with Gasteiger partial charge in [-0.1, -0.05) is 6.07 Å². The maximum absolute atomic E-state index is 12.7. The standard InChI is InChI=1S/C15H14F3NO4S2/c1-2-23-13(20)10-19(25(21,22)14-4-3-9-24-14)12-7-5-11(6-8-12)15(16,17)18/h3-9H,2,10H2,1H3. The lowest BCUT2D eigenvalue weighted by molar-refractivity contribution is -0.141. The Kier molecular flexibility index (Phi) is 5.73. The zero-order valence-electron chi connectivity index (χ0n) is 13.0. The van der Waals surface area contributed by atoms with Crippen molar-refractivity contribution in [1.82, 2.24) is 0 Å². The van der Waals surface area contributed by atoms with Crippen LogP contribution in [0, 0.1) is 0 Å². The lowest BCUT2D eigenvalue weighted by atomic mass is 10.2. The second-order valence-corrected chi connectivity index (χ2v) is 7.83. The van der Waals surface area contributed by atoms with E-state index in [2.05, 4.69) is 0 Å². The van der Waals surface area contributed by atoms with Crippen LogP contribution >= 0.6 is 11.3 Å². The topological polar surface area (TPSA) is 63.7 Å². The monoisotopic (exact) mass is 393 g/mol. The largest absolute Gasteiger partial charge is 0.465 e. The number of esters is 1. The summed E-state index contributed by atoms with van der Waals surface area (Å²) in [6, 6.07) is 6.41. The number of hydrogen-bond donors (Lipinski definition) is 0. The first-order valence-electron chi connectivity index (χ1n) is 7.05. The lowest BCUT2D eigenvalue weighted by Crippen LogP contribution is -2.36. The van der Waals surface area contributed by atoms with Crippen molar-refractivity contribution in [3.05, 3.63) is 47.3 Å². The van der Waals surface area contributed by atoms with Gasteiger partial charge in [0.2, 0.25) is 0 Å². The number of sulfonamides is 1. The quantitative estimate of drug-likeness (QED) is 0.705. The average molecular weight is 393 g/mol. The summed E-state index contributed by atoms with van der Waals surface area (Å²) in [7, 11) is -4.10. The minimum Gasteiger partial charge on any atom is -0.465 e. The molecule has 0 fully saturated rings. The summed E-state index contributed by atoms with van der Waals surface area (Å²) in [4.78, 5) is 11.8. The second-order valence-electron chi connectivity index (χ2n) is 4.79. The van der Waals surface area contributed by atoms with E-state index in [-0.39, 0.29) is 16.5 Å². The van der Waals surface area contributed by atoms with Gasteiger partial charge in [0.1, 0.15) is 10.8 Å². The number of benzene rings is 1. The van der Waals surface area contributed by atoms with Gasteiger partial charge in [-0.15, -0.1) is 11.3 Å². The highest BCUT2D eigenvalue weighted by Gasteiger charge is 2.32. The molecule has 0 atom stereocenters. The van der Waals surface area contributed by atoms with Crippen LogP contribution in [-0.4, -0.2) is 27.5 Å². The molecule has 2 rings (SSSR count).